The molecule has 12 heteroatoms. The number of pyridine rings is 2. The Hall–Kier alpha value is -3.28. The lowest BCUT2D eigenvalue weighted by atomic mass is 10.2. The summed E-state index contributed by atoms with van der Waals surface area (Å²) in [6.45, 7) is 1.88. The first kappa shape index (κ1) is 21.9. The van der Waals surface area contributed by atoms with Crippen molar-refractivity contribution in [3.63, 3.8) is 0 Å². The molecule has 0 saturated carbocycles. The van der Waals surface area contributed by atoms with Crippen LogP contribution in [0.3, 0.4) is 0 Å². The average molecular weight is 452 g/mol. The molecule has 0 aliphatic carbocycles. The maximum absolute atomic E-state index is 13.9. The van der Waals surface area contributed by atoms with Gasteiger partial charge < -0.3 is 15.0 Å². The molecule has 0 radical (unpaired) electrons. The number of fused-ring (bicyclic) bond motifs is 1. The molecule has 170 valence electrons. The Bertz CT molecular complexity index is 1140. The summed E-state index contributed by atoms with van der Waals surface area (Å²) in [6, 6.07) is 2.47. The molecule has 0 atom stereocenters. The van der Waals surface area contributed by atoms with E-state index in [1.807, 2.05) is 0 Å². The molecule has 1 aliphatic rings. The van der Waals surface area contributed by atoms with Crippen molar-refractivity contribution in [1.29, 1.82) is 0 Å². The number of anilines is 2. The van der Waals surface area contributed by atoms with Gasteiger partial charge in [-0.25, -0.2) is 9.37 Å². The molecule has 1 N–H and O–H groups in total. The Morgan fingerprint density at radius 1 is 1.22 bits per heavy atom. The third-order valence-corrected chi connectivity index (χ3v) is 5.07. The molecule has 0 spiro atoms. The first-order chi connectivity index (χ1) is 15.2. The van der Waals surface area contributed by atoms with Crippen molar-refractivity contribution in [1.82, 2.24) is 24.6 Å². The summed E-state index contributed by atoms with van der Waals surface area (Å²) in [7, 11) is 0. The Morgan fingerprint density at radius 3 is 2.81 bits per heavy atom. The van der Waals surface area contributed by atoms with Gasteiger partial charge in [0.25, 0.3) is 5.91 Å². The molecule has 4 heterocycles. The standard InChI is InChI=1S/C20H20F4N6O2/c1-12-14(21)3-4-25-17(12)27-18-13-10-26-15(19(31)29-5-2-7-32-8-6-29)9-16(13)30(28-18)11-20(22,23)24/h3-4,9-10H,2,5-8,11H2,1H3,(H,25,27,28). The van der Waals surface area contributed by atoms with Crippen LogP contribution in [-0.4, -0.2) is 63.0 Å². The number of nitrogens with one attached hydrogen (secondary N) is 1. The number of aromatic nitrogens is 4. The lowest BCUT2D eigenvalue weighted by Crippen LogP contribution is -2.33. The van der Waals surface area contributed by atoms with Gasteiger partial charge in [0, 0.05) is 37.7 Å². The summed E-state index contributed by atoms with van der Waals surface area (Å²) in [5, 5.41) is 7.03. The fourth-order valence-corrected chi connectivity index (χ4v) is 3.43. The summed E-state index contributed by atoms with van der Waals surface area (Å²) in [5.41, 5.74) is 0.270. The van der Waals surface area contributed by atoms with Gasteiger partial charge in [-0.15, -0.1) is 0 Å². The SMILES string of the molecule is Cc1c(F)ccnc1Nc1nn(CC(F)(F)F)c2cc(C(=O)N3CCCOCC3)ncc12. The number of hydrogen-bond acceptors (Lipinski definition) is 6. The second kappa shape index (κ2) is 8.69. The van der Waals surface area contributed by atoms with Gasteiger partial charge in [0.05, 0.1) is 17.5 Å². The van der Waals surface area contributed by atoms with Crippen molar-refractivity contribution in [2.45, 2.75) is 26.1 Å². The summed E-state index contributed by atoms with van der Waals surface area (Å²) in [6.07, 6.45) is -1.36. The van der Waals surface area contributed by atoms with E-state index in [1.54, 1.807) is 4.90 Å². The number of alkyl halides is 3. The molecule has 8 nitrogen and oxygen atoms in total. The van der Waals surface area contributed by atoms with Crippen LogP contribution in [0.5, 0.6) is 0 Å². The van der Waals surface area contributed by atoms with Gasteiger partial charge in [-0.05, 0) is 25.5 Å². The highest BCUT2D eigenvalue weighted by Crippen LogP contribution is 2.29. The van der Waals surface area contributed by atoms with Crippen molar-refractivity contribution < 1.29 is 27.1 Å². The van der Waals surface area contributed by atoms with Crippen molar-refractivity contribution in [3.05, 3.63) is 41.6 Å². The summed E-state index contributed by atoms with van der Waals surface area (Å²) < 4.78 is 59.4. The number of halogens is 4. The predicted octanol–water partition coefficient (Wildman–Crippen LogP) is 3.44. The molecule has 0 unspecified atom stereocenters. The minimum atomic E-state index is -4.54. The van der Waals surface area contributed by atoms with Crippen molar-refractivity contribution in [2.24, 2.45) is 0 Å². The largest absolute Gasteiger partial charge is 0.408 e. The Balaban J connectivity index is 1.74. The van der Waals surface area contributed by atoms with E-state index < -0.39 is 24.4 Å². The van der Waals surface area contributed by atoms with Crippen LogP contribution >= 0.6 is 0 Å². The second-order valence-electron chi connectivity index (χ2n) is 7.36. The van der Waals surface area contributed by atoms with Crippen molar-refractivity contribution in [2.75, 3.05) is 31.6 Å². The molecule has 4 rings (SSSR count). The molecule has 1 fully saturated rings. The van der Waals surface area contributed by atoms with Gasteiger partial charge in [0.15, 0.2) is 5.82 Å². The second-order valence-corrected chi connectivity index (χ2v) is 7.36. The van der Waals surface area contributed by atoms with Crippen LogP contribution in [0.25, 0.3) is 10.9 Å². The first-order valence-electron chi connectivity index (χ1n) is 9.91. The first-order valence-corrected chi connectivity index (χ1v) is 9.91. The normalized spacial score (nSPS) is 15.1. The van der Waals surface area contributed by atoms with E-state index in [1.165, 1.54) is 31.5 Å². The Kier molecular flexibility index (Phi) is 5.96. The van der Waals surface area contributed by atoms with Crippen molar-refractivity contribution in [3.8, 4) is 0 Å². The monoisotopic (exact) mass is 452 g/mol. The minimum absolute atomic E-state index is 0.00864. The van der Waals surface area contributed by atoms with Crippen LogP contribution in [-0.2, 0) is 11.3 Å². The zero-order valence-electron chi connectivity index (χ0n) is 17.1. The molecular weight excluding hydrogens is 432 g/mol. The Labute approximate surface area is 180 Å². The van der Waals surface area contributed by atoms with E-state index in [-0.39, 0.29) is 33.8 Å². The molecule has 3 aromatic heterocycles. The lowest BCUT2D eigenvalue weighted by molar-refractivity contribution is -0.141. The highest BCUT2D eigenvalue weighted by molar-refractivity contribution is 5.98. The quantitative estimate of drug-likeness (QED) is 0.611. The highest BCUT2D eigenvalue weighted by atomic mass is 19.4. The van der Waals surface area contributed by atoms with E-state index in [0.29, 0.717) is 32.7 Å². The number of nitrogens with zero attached hydrogens (tertiary/aromatic N) is 5. The summed E-state index contributed by atoms with van der Waals surface area (Å²) >= 11 is 0. The van der Waals surface area contributed by atoms with Crippen LogP contribution in [0.15, 0.2) is 24.5 Å². The number of carbonyl (C=O) groups excluding carboxylic acids is 1. The third kappa shape index (κ3) is 4.64. The van der Waals surface area contributed by atoms with Crippen LogP contribution in [0, 0.1) is 12.7 Å². The van der Waals surface area contributed by atoms with Gasteiger partial charge in [0.1, 0.15) is 23.9 Å². The van der Waals surface area contributed by atoms with E-state index >= 15 is 0 Å². The van der Waals surface area contributed by atoms with Crippen LogP contribution in [0.2, 0.25) is 0 Å². The number of ether oxygens (including phenoxy) is 1. The molecule has 1 aliphatic heterocycles. The van der Waals surface area contributed by atoms with Gasteiger partial charge in [-0.3, -0.25) is 14.5 Å². The number of carbonyl (C=O) groups is 1. The van der Waals surface area contributed by atoms with Crippen LogP contribution in [0.1, 0.15) is 22.5 Å². The predicted molar refractivity (Wildman–Crippen MR) is 107 cm³/mol. The molecular formula is C20H20F4N6O2. The van der Waals surface area contributed by atoms with Gasteiger partial charge >= 0.3 is 6.18 Å². The highest BCUT2D eigenvalue weighted by Gasteiger charge is 2.31. The fourth-order valence-electron chi connectivity index (χ4n) is 3.43. The molecule has 32 heavy (non-hydrogen) atoms. The van der Waals surface area contributed by atoms with Gasteiger partial charge in [-0.1, -0.05) is 0 Å². The summed E-state index contributed by atoms with van der Waals surface area (Å²) in [5.74, 6) is -0.767. The topological polar surface area (TPSA) is 85.2 Å². The zero-order chi connectivity index (χ0) is 22.9. The average Bonchev–Trinajstić information content (AvgIpc) is 2.92. The molecule has 0 bridgehead atoms. The summed E-state index contributed by atoms with van der Waals surface area (Å²) in [4.78, 5) is 22.6. The van der Waals surface area contributed by atoms with E-state index in [4.69, 9.17) is 4.74 Å². The van der Waals surface area contributed by atoms with E-state index in [0.717, 1.165) is 4.68 Å². The third-order valence-electron chi connectivity index (χ3n) is 5.07. The molecule has 1 saturated heterocycles. The maximum atomic E-state index is 13.9. The van der Waals surface area contributed by atoms with Crippen LogP contribution < -0.4 is 5.32 Å². The van der Waals surface area contributed by atoms with Crippen molar-refractivity contribution >= 4 is 28.4 Å². The number of rotatable bonds is 4. The fraction of sp³-hybridized carbons (Fsp3) is 0.400. The maximum Gasteiger partial charge on any atom is 0.408 e. The lowest BCUT2D eigenvalue weighted by Gasteiger charge is -2.19. The van der Waals surface area contributed by atoms with Gasteiger partial charge in [0.2, 0.25) is 0 Å². The molecule has 0 aromatic carbocycles. The Morgan fingerprint density at radius 2 is 2.03 bits per heavy atom. The van der Waals surface area contributed by atoms with E-state index in [2.05, 4.69) is 20.4 Å². The smallest absolute Gasteiger partial charge is 0.380 e. The zero-order valence-corrected chi connectivity index (χ0v) is 17.1. The van der Waals surface area contributed by atoms with E-state index in [9.17, 15) is 22.4 Å². The number of amides is 1. The van der Waals surface area contributed by atoms with Gasteiger partial charge in [-0.2, -0.15) is 18.3 Å². The minimum Gasteiger partial charge on any atom is -0.380 e. The molecule has 1 amide bonds. The molecule has 3 aromatic rings. The number of hydrogen-bond donors (Lipinski definition) is 1. The van der Waals surface area contributed by atoms with Crippen LogP contribution in [0.4, 0.5) is 29.2 Å².